The average Bonchev–Trinajstić information content (AvgIpc) is 2.65. The number of carbonyl (C=O) groups is 2. The van der Waals surface area contributed by atoms with Crippen LogP contribution in [-0.4, -0.2) is 23.6 Å². The van der Waals surface area contributed by atoms with E-state index >= 15 is 0 Å². The number of aryl methyl sites for hydroxylation is 2. The highest BCUT2D eigenvalue weighted by Crippen LogP contribution is 2.23. The molecule has 0 heterocycles. The van der Waals surface area contributed by atoms with Crippen LogP contribution in [0.3, 0.4) is 0 Å². The van der Waals surface area contributed by atoms with Gasteiger partial charge in [0, 0.05) is 17.7 Å². The fourth-order valence-electron chi connectivity index (χ4n) is 2.70. The van der Waals surface area contributed by atoms with Crippen molar-refractivity contribution >= 4 is 17.6 Å². The summed E-state index contributed by atoms with van der Waals surface area (Å²) in [6, 6.07) is 12.9. The maximum Gasteiger partial charge on any atom is 0.303 e. The third-order valence-electron chi connectivity index (χ3n) is 4.16. The summed E-state index contributed by atoms with van der Waals surface area (Å²) in [6.07, 6.45) is 2.24. The number of rotatable bonds is 9. The summed E-state index contributed by atoms with van der Waals surface area (Å²) in [6.45, 7) is 4.48. The van der Waals surface area contributed by atoms with Crippen LogP contribution in [0, 0.1) is 0 Å². The molecule has 0 saturated carbocycles. The molecule has 0 aromatic heterocycles. The third-order valence-corrected chi connectivity index (χ3v) is 4.16. The largest absolute Gasteiger partial charge is 0.494 e. The van der Waals surface area contributed by atoms with E-state index in [-0.39, 0.29) is 12.3 Å². The van der Waals surface area contributed by atoms with Crippen LogP contribution in [0.5, 0.6) is 5.75 Å². The number of nitrogens with one attached hydrogen (secondary N) is 1. The maximum absolute atomic E-state index is 12.6. The van der Waals surface area contributed by atoms with E-state index in [0.717, 1.165) is 29.7 Å². The molecule has 0 atom stereocenters. The van der Waals surface area contributed by atoms with Crippen LogP contribution in [0.1, 0.15) is 48.2 Å². The normalized spacial score (nSPS) is 10.4. The molecule has 5 heteroatoms. The summed E-state index contributed by atoms with van der Waals surface area (Å²) < 4.78 is 5.49. The predicted molar refractivity (Wildman–Crippen MR) is 102 cm³/mol. The zero-order valence-corrected chi connectivity index (χ0v) is 15.2. The molecular formula is C21H25NO4. The molecule has 2 aromatic rings. The molecule has 1 amide bonds. The second-order valence-corrected chi connectivity index (χ2v) is 5.98. The van der Waals surface area contributed by atoms with Crippen molar-refractivity contribution in [3.05, 3.63) is 59.2 Å². The van der Waals surface area contributed by atoms with Crippen LogP contribution in [0.15, 0.2) is 42.5 Å². The average molecular weight is 355 g/mol. The van der Waals surface area contributed by atoms with Crippen molar-refractivity contribution in [1.82, 2.24) is 0 Å². The molecule has 5 nitrogen and oxygen atoms in total. The van der Waals surface area contributed by atoms with Crippen molar-refractivity contribution in [3.63, 3.8) is 0 Å². The number of carboxylic acids is 1. The van der Waals surface area contributed by atoms with E-state index in [9.17, 15) is 9.59 Å². The Hall–Kier alpha value is -2.82. The zero-order valence-electron chi connectivity index (χ0n) is 15.2. The lowest BCUT2D eigenvalue weighted by molar-refractivity contribution is -0.137. The molecule has 0 aliphatic carbocycles. The van der Waals surface area contributed by atoms with E-state index in [4.69, 9.17) is 9.84 Å². The fraction of sp³-hybridized carbons (Fsp3) is 0.333. The summed E-state index contributed by atoms with van der Waals surface area (Å²) in [7, 11) is 0. The lowest BCUT2D eigenvalue weighted by Gasteiger charge is -2.14. The Bertz CT molecular complexity index is 731. The van der Waals surface area contributed by atoms with E-state index in [2.05, 4.69) is 19.2 Å². The van der Waals surface area contributed by atoms with E-state index < -0.39 is 5.97 Å². The van der Waals surface area contributed by atoms with Gasteiger partial charge in [-0.2, -0.15) is 0 Å². The molecule has 138 valence electrons. The van der Waals surface area contributed by atoms with Gasteiger partial charge in [0.05, 0.1) is 6.61 Å². The first kappa shape index (κ1) is 19.5. The molecule has 0 aliphatic rings. The van der Waals surface area contributed by atoms with Gasteiger partial charge in [0.1, 0.15) is 5.75 Å². The van der Waals surface area contributed by atoms with Crippen molar-refractivity contribution < 1.29 is 19.4 Å². The van der Waals surface area contributed by atoms with Gasteiger partial charge >= 0.3 is 5.97 Å². The minimum absolute atomic E-state index is 0.0804. The van der Waals surface area contributed by atoms with E-state index in [1.165, 1.54) is 0 Å². The lowest BCUT2D eigenvalue weighted by Crippen LogP contribution is -2.14. The van der Waals surface area contributed by atoms with Gasteiger partial charge in [-0.25, -0.2) is 0 Å². The maximum atomic E-state index is 12.6. The number of benzene rings is 2. The number of hydrogen-bond donors (Lipinski definition) is 2. The Morgan fingerprint density at radius 1 is 1.00 bits per heavy atom. The molecule has 2 N–H and O–H groups in total. The molecule has 0 fully saturated rings. The van der Waals surface area contributed by atoms with Gasteiger partial charge in [0.2, 0.25) is 0 Å². The minimum atomic E-state index is -0.834. The van der Waals surface area contributed by atoms with Crippen molar-refractivity contribution in [3.8, 4) is 5.75 Å². The molecule has 2 aromatic carbocycles. The van der Waals surface area contributed by atoms with Gasteiger partial charge in [-0.3, -0.25) is 9.59 Å². The van der Waals surface area contributed by atoms with Gasteiger partial charge in [-0.05, 0) is 54.7 Å². The van der Waals surface area contributed by atoms with Crippen molar-refractivity contribution in [1.29, 1.82) is 0 Å². The first-order chi connectivity index (χ1) is 12.5. The monoisotopic (exact) mass is 355 g/mol. The number of amides is 1. The van der Waals surface area contributed by atoms with Crippen LogP contribution in [-0.2, 0) is 17.6 Å². The van der Waals surface area contributed by atoms with E-state index in [0.29, 0.717) is 24.3 Å². The van der Waals surface area contributed by atoms with Gasteiger partial charge in [0.15, 0.2) is 0 Å². The Morgan fingerprint density at radius 2 is 1.62 bits per heavy atom. The van der Waals surface area contributed by atoms with Crippen LogP contribution in [0.2, 0.25) is 0 Å². The molecule has 0 bridgehead atoms. The second-order valence-electron chi connectivity index (χ2n) is 5.98. The Kier molecular flexibility index (Phi) is 7.21. The van der Waals surface area contributed by atoms with Gasteiger partial charge in [0.25, 0.3) is 5.91 Å². The first-order valence-corrected chi connectivity index (χ1v) is 8.91. The van der Waals surface area contributed by atoms with Crippen LogP contribution in [0.4, 0.5) is 5.69 Å². The Morgan fingerprint density at radius 3 is 2.15 bits per heavy atom. The summed E-state index contributed by atoms with van der Waals surface area (Å²) in [5.41, 5.74) is 3.69. The van der Waals surface area contributed by atoms with Crippen molar-refractivity contribution in [2.75, 3.05) is 11.9 Å². The number of para-hydroxylation sites is 1. The van der Waals surface area contributed by atoms with Crippen LogP contribution in [0.25, 0.3) is 0 Å². The van der Waals surface area contributed by atoms with Gasteiger partial charge < -0.3 is 15.2 Å². The molecule has 0 aliphatic heterocycles. The highest BCUT2D eigenvalue weighted by atomic mass is 16.5. The minimum Gasteiger partial charge on any atom is -0.494 e. The fourth-order valence-corrected chi connectivity index (χ4v) is 2.70. The molecule has 2 rings (SSSR count). The Labute approximate surface area is 154 Å². The van der Waals surface area contributed by atoms with Crippen molar-refractivity contribution in [2.24, 2.45) is 0 Å². The highest BCUT2D eigenvalue weighted by molar-refractivity contribution is 6.05. The summed E-state index contributed by atoms with van der Waals surface area (Å²) in [4.78, 5) is 23.1. The lowest BCUT2D eigenvalue weighted by atomic mass is 10.0. The quantitative estimate of drug-likeness (QED) is 0.657. The number of anilines is 1. The zero-order chi connectivity index (χ0) is 18.9. The number of carbonyl (C=O) groups excluding carboxylic acids is 1. The number of aliphatic carboxylic acids is 1. The molecule has 26 heavy (non-hydrogen) atoms. The smallest absolute Gasteiger partial charge is 0.303 e. The number of hydrogen-bond acceptors (Lipinski definition) is 3. The van der Waals surface area contributed by atoms with Gasteiger partial charge in [-0.15, -0.1) is 0 Å². The Balaban J connectivity index is 2.01. The third kappa shape index (κ3) is 5.34. The molecule has 0 saturated heterocycles. The van der Waals surface area contributed by atoms with Crippen LogP contribution < -0.4 is 10.1 Å². The summed E-state index contributed by atoms with van der Waals surface area (Å²) in [5, 5.41) is 11.6. The number of ether oxygens (including phenoxy) is 1. The van der Waals surface area contributed by atoms with Gasteiger partial charge in [-0.1, -0.05) is 32.0 Å². The molecule has 0 unspecified atom stereocenters. The number of carboxylic acid groups (broad SMARTS) is 1. The first-order valence-electron chi connectivity index (χ1n) is 8.91. The molecule has 0 spiro atoms. The van der Waals surface area contributed by atoms with E-state index in [1.807, 2.05) is 18.2 Å². The summed E-state index contributed by atoms with van der Waals surface area (Å²) in [5.74, 6) is -0.368. The molecule has 0 radical (unpaired) electrons. The summed E-state index contributed by atoms with van der Waals surface area (Å²) >= 11 is 0. The topological polar surface area (TPSA) is 75.6 Å². The van der Waals surface area contributed by atoms with Crippen molar-refractivity contribution in [2.45, 2.75) is 39.5 Å². The SMILES string of the molecule is CCc1cccc(CC)c1NC(=O)c1ccc(OCCCC(=O)O)cc1. The van der Waals surface area contributed by atoms with E-state index in [1.54, 1.807) is 24.3 Å². The molecular weight excluding hydrogens is 330 g/mol. The standard InChI is InChI=1S/C21H25NO4/c1-3-15-7-5-8-16(4-2)20(15)22-21(25)17-10-12-18(13-11-17)26-14-6-9-19(23)24/h5,7-8,10-13H,3-4,6,9,14H2,1-2H3,(H,22,25)(H,23,24). The highest BCUT2D eigenvalue weighted by Gasteiger charge is 2.12. The second kappa shape index (κ2) is 9.61. The predicted octanol–water partition coefficient (Wildman–Crippen LogP) is 4.31. The van der Waals surface area contributed by atoms with Crippen LogP contribution >= 0.6 is 0 Å².